The Morgan fingerprint density at radius 2 is 1.88 bits per heavy atom. The number of alkyl halides is 3. The third-order valence-electron chi connectivity index (χ3n) is 8.62. The molecule has 2 heterocycles. The summed E-state index contributed by atoms with van der Waals surface area (Å²) in [6, 6.07) is 13.1. The van der Waals surface area contributed by atoms with Gasteiger partial charge in [0.2, 0.25) is 0 Å². The van der Waals surface area contributed by atoms with Gasteiger partial charge < -0.3 is 14.8 Å². The van der Waals surface area contributed by atoms with Gasteiger partial charge in [-0.25, -0.2) is 0 Å². The molecule has 6 nitrogen and oxygen atoms in total. The Kier molecular flexibility index (Phi) is 8.63. The number of Topliss-reactive ketones (excluding diaryl/α,β-unsaturated/α-hetero) is 1. The van der Waals surface area contributed by atoms with E-state index in [1.165, 1.54) is 23.3 Å². The van der Waals surface area contributed by atoms with E-state index < -0.39 is 17.6 Å². The number of amides is 1. The Morgan fingerprint density at radius 3 is 2.62 bits per heavy atom. The number of fused-ring (bicyclic) bond motifs is 2. The highest BCUT2D eigenvalue weighted by atomic mass is 19.4. The molecule has 1 N–H and O–H groups in total. The molecule has 1 aliphatic carbocycles. The largest absolute Gasteiger partial charge is 0.416 e. The fourth-order valence-electron chi connectivity index (χ4n) is 6.54. The van der Waals surface area contributed by atoms with E-state index in [9.17, 15) is 22.8 Å². The minimum atomic E-state index is -4.54. The number of ketones is 1. The van der Waals surface area contributed by atoms with Gasteiger partial charge in [0.15, 0.2) is 5.78 Å². The molecule has 1 saturated heterocycles. The number of carbonyl (C=O) groups is 2. The van der Waals surface area contributed by atoms with Gasteiger partial charge in [0.05, 0.1) is 30.4 Å². The van der Waals surface area contributed by atoms with Crippen molar-refractivity contribution in [2.45, 2.75) is 76.0 Å². The summed E-state index contributed by atoms with van der Waals surface area (Å²) in [6.45, 7) is 4.63. The van der Waals surface area contributed by atoms with Crippen LogP contribution in [0.1, 0.15) is 72.5 Å². The van der Waals surface area contributed by atoms with Crippen molar-refractivity contribution in [2.24, 2.45) is 5.92 Å². The minimum absolute atomic E-state index is 0.00357. The molecule has 0 aromatic heterocycles. The first kappa shape index (κ1) is 28.8. The van der Waals surface area contributed by atoms with Gasteiger partial charge in [-0.15, -0.1) is 0 Å². The van der Waals surface area contributed by atoms with Crippen LogP contribution in [-0.2, 0) is 32.7 Å². The topological polar surface area (TPSA) is 67.9 Å². The minimum Gasteiger partial charge on any atom is -0.377 e. The van der Waals surface area contributed by atoms with Gasteiger partial charge in [-0.05, 0) is 61.4 Å². The van der Waals surface area contributed by atoms with Crippen LogP contribution in [0.5, 0.6) is 0 Å². The molecule has 9 heteroatoms. The summed E-state index contributed by atoms with van der Waals surface area (Å²) in [5, 5.41) is 2.50. The van der Waals surface area contributed by atoms with Gasteiger partial charge in [-0.2, -0.15) is 13.2 Å². The maximum absolute atomic E-state index is 13.0. The Hall–Kier alpha value is -2.75. The summed E-state index contributed by atoms with van der Waals surface area (Å²) in [5.41, 5.74) is 1.41. The van der Waals surface area contributed by atoms with Gasteiger partial charge in [0.1, 0.15) is 0 Å². The average Bonchev–Trinajstić information content (AvgIpc) is 3.52. The van der Waals surface area contributed by atoms with Crippen LogP contribution in [0.4, 0.5) is 13.2 Å². The van der Waals surface area contributed by atoms with Crippen molar-refractivity contribution < 1.29 is 32.2 Å². The molecule has 1 amide bonds. The van der Waals surface area contributed by atoms with Crippen LogP contribution in [-0.4, -0.2) is 55.0 Å². The second kappa shape index (κ2) is 12.0. The van der Waals surface area contributed by atoms with Crippen molar-refractivity contribution in [3.63, 3.8) is 0 Å². The SMILES string of the molecule is CCCO[C@H]1CN(C2CCC3(CC2)OCc2ccccc23)C[C@@H]1CC(=O)CNC(=O)c1cccc(C(F)(F)F)c1. The summed E-state index contributed by atoms with van der Waals surface area (Å²) < 4.78 is 51.5. The Labute approximate surface area is 233 Å². The normalized spacial score (nSPS) is 26.6. The number of carbonyl (C=O) groups excluding carboxylic acids is 2. The summed E-state index contributed by atoms with van der Waals surface area (Å²) in [7, 11) is 0. The molecule has 2 aromatic carbocycles. The maximum Gasteiger partial charge on any atom is 0.416 e. The van der Waals surface area contributed by atoms with Crippen molar-refractivity contribution in [3.8, 4) is 0 Å². The summed E-state index contributed by atoms with van der Waals surface area (Å²) >= 11 is 0. The van der Waals surface area contributed by atoms with Crippen LogP contribution < -0.4 is 5.32 Å². The lowest BCUT2D eigenvalue weighted by molar-refractivity contribution is -0.137. The third-order valence-corrected chi connectivity index (χ3v) is 8.62. The van der Waals surface area contributed by atoms with Gasteiger partial charge in [-0.1, -0.05) is 37.3 Å². The summed E-state index contributed by atoms with van der Waals surface area (Å²) in [6.07, 6.45) is 0.496. The lowest BCUT2D eigenvalue weighted by atomic mass is 9.77. The fraction of sp³-hybridized carbons (Fsp3) is 0.548. The highest BCUT2D eigenvalue weighted by molar-refractivity contribution is 5.96. The number of hydrogen-bond acceptors (Lipinski definition) is 5. The zero-order chi connectivity index (χ0) is 28.3. The molecular weight excluding hydrogens is 521 g/mol. The maximum atomic E-state index is 13.0. The van der Waals surface area contributed by atoms with E-state index in [2.05, 4.69) is 41.4 Å². The van der Waals surface area contributed by atoms with E-state index in [0.717, 1.165) is 57.3 Å². The second-order valence-electron chi connectivity index (χ2n) is 11.3. The molecule has 5 rings (SSSR count). The zero-order valence-electron chi connectivity index (χ0n) is 22.8. The van der Waals surface area contributed by atoms with E-state index in [1.54, 1.807) is 0 Å². The molecule has 2 aliphatic heterocycles. The van der Waals surface area contributed by atoms with E-state index in [0.29, 0.717) is 19.3 Å². The standard InChI is InChI=1S/C31H37F3N2O4/c1-2-14-39-28-19-36(25-10-12-30(13-11-25)27-9-4-3-6-22(27)20-40-30)18-23(28)16-26(37)17-35-29(38)21-7-5-8-24(15-21)31(32,33)34/h3-9,15,23,25,28H,2,10-14,16-20H2,1H3,(H,35,38)/t23-,25?,28-,30?/m0/s1. The lowest BCUT2D eigenvalue weighted by Gasteiger charge is -2.40. The van der Waals surface area contributed by atoms with Crippen molar-refractivity contribution in [2.75, 3.05) is 26.2 Å². The Morgan fingerprint density at radius 1 is 1.10 bits per heavy atom. The molecular formula is C31H37F3N2O4. The number of nitrogens with one attached hydrogen (secondary N) is 1. The van der Waals surface area contributed by atoms with E-state index in [1.807, 2.05) is 0 Å². The molecule has 0 radical (unpaired) electrons. The first-order chi connectivity index (χ1) is 19.2. The zero-order valence-corrected chi connectivity index (χ0v) is 22.8. The Balaban J connectivity index is 1.15. The molecule has 2 atom stereocenters. The summed E-state index contributed by atoms with van der Waals surface area (Å²) in [4.78, 5) is 27.8. The molecule has 40 heavy (non-hydrogen) atoms. The first-order valence-corrected chi connectivity index (χ1v) is 14.2. The van der Waals surface area contributed by atoms with Crippen molar-refractivity contribution >= 4 is 11.7 Å². The molecule has 2 fully saturated rings. The predicted molar refractivity (Wildman–Crippen MR) is 144 cm³/mol. The van der Waals surface area contributed by atoms with Gasteiger partial charge in [0, 0.05) is 43.6 Å². The molecule has 1 spiro atoms. The van der Waals surface area contributed by atoms with Crippen molar-refractivity contribution in [1.29, 1.82) is 0 Å². The van der Waals surface area contributed by atoms with Crippen LogP contribution >= 0.6 is 0 Å². The average molecular weight is 559 g/mol. The molecule has 3 aliphatic rings. The molecule has 216 valence electrons. The number of hydrogen-bond donors (Lipinski definition) is 1. The van der Waals surface area contributed by atoms with Crippen molar-refractivity contribution in [3.05, 3.63) is 70.8 Å². The fourth-order valence-corrected chi connectivity index (χ4v) is 6.54. The van der Waals surface area contributed by atoms with Gasteiger partial charge in [0.25, 0.3) is 5.91 Å². The van der Waals surface area contributed by atoms with Crippen LogP contribution in [0.15, 0.2) is 48.5 Å². The molecule has 0 bridgehead atoms. The highest BCUT2D eigenvalue weighted by Crippen LogP contribution is 2.48. The number of rotatable bonds is 9. The van der Waals surface area contributed by atoms with Crippen molar-refractivity contribution in [1.82, 2.24) is 10.2 Å². The highest BCUT2D eigenvalue weighted by Gasteiger charge is 2.46. The van der Waals surface area contributed by atoms with Crippen LogP contribution in [0.2, 0.25) is 0 Å². The number of likely N-dealkylation sites (tertiary alicyclic amines) is 1. The van der Waals surface area contributed by atoms with Crippen LogP contribution in [0, 0.1) is 5.92 Å². The monoisotopic (exact) mass is 558 g/mol. The number of benzene rings is 2. The Bertz CT molecular complexity index is 1210. The summed E-state index contributed by atoms with van der Waals surface area (Å²) in [5.74, 6) is -0.849. The number of ether oxygens (including phenoxy) is 2. The predicted octanol–water partition coefficient (Wildman–Crippen LogP) is 5.49. The number of halogens is 3. The quantitative estimate of drug-likeness (QED) is 0.441. The molecule has 2 aromatic rings. The van der Waals surface area contributed by atoms with E-state index in [-0.39, 0.29) is 41.9 Å². The van der Waals surface area contributed by atoms with Gasteiger partial charge in [-0.3, -0.25) is 14.5 Å². The third kappa shape index (κ3) is 6.26. The first-order valence-electron chi connectivity index (χ1n) is 14.2. The van der Waals surface area contributed by atoms with Crippen LogP contribution in [0.3, 0.4) is 0 Å². The lowest BCUT2D eigenvalue weighted by Crippen LogP contribution is -2.42. The number of nitrogens with zero attached hydrogens (tertiary/aromatic N) is 1. The smallest absolute Gasteiger partial charge is 0.377 e. The second-order valence-corrected chi connectivity index (χ2v) is 11.3. The molecule has 1 saturated carbocycles. The molecule has 0 unspecified atom stereocenters. The van der Waals surface area contributed by atoms with E-state index in [4.69, 9.17) is 9.47 Å². The van der Waals surface area contributed by atoms with Crippen LogP contribution in [0.25, 0.3) is 0 Å². The van der Waals surface area contributed by atoms with E-state index >= 15 is 0 Å². The van der Waals surface area contributed by atoms with Gasteiger partial charge >= 0.3 is 6.18 Å².